The topological polar surface area (TPSA) is 54.4 Å². The summed E-state index contributed by atoms with van der Waals surface area (Å²) in [6.07, 6.45) is 13.6. The molecule has 192 valence electrons. The zero-order chi connectivity index (χ0) is 25.2. The zero-order valence-corrected chi connectivity index (χ0v) is 23.7. The van der Waals surface area contributed by atoms with E-state index in [1.54, 1.807) is 12.1 Å². The van der Waals surface area contributed by atoms with Gasteiger partial charge >= 0.3 is 0 Å². The van der Waals surface area contributed by atoms with Crippen molar-refractivity contribution in [2.24, 2.45) is 0 Å². The summed E-state index contributed by atoms with van der Waals surface area (Å²) in [5, 5.41) is 1.53. The molecule has 5 heteroatoms. The molecule has 35 heavy (non-hydrogen) atoms. The first-order valence-electron chi connectivity index (χ1n) is 13.7. The van der Waals surface area contributed by atoms with E-state index < -0.39 is 10.1 Å². The minimum atomic E-state index is -4.27. The summed E-state index contributed by atoms with van der Waals surface area (Å²) >= 11 is 0. The van der Waals surface area contributed by atoms with Gasteiger partial charge in [0.05, 0.1) is 4.90 Å². The van der Waals surface area contributed by atoms with Crippen molar-refractivity contribution in [3.05, 3.63) is 47.5 Å². The second-order valence-corrected chi connectivity index (χ2v) is 15.4. The maximum absolute atomic E-state index is 12.2. The Balaban J connectivity index is 1.95. The third-order valence-electron chi connectivity index (χ3n) is 8.10. The third-order valence-corrected chi connectivity index (χ3v) is 12.5. The average molecular weight is 515 g/mol. The molecule has 1 N–H and O–H groups in total. The van der Waals surface area contributed by atoms with Crippen LogP contribution in [0.25, 0.3) is 11.1 Å². The molecule has 0 spiro atoms. The highest BCUT2D eigenvalue weighted by Crippen LogP contribution is 2.56. The zero-order valence-electron chi connectivity index (χ0n) is 22.0. The van der Waals surface area contributed by atoms with Crippen molar-refractivity contribution < 1.29 is 13.0 Å². The van der Waals surface area contributed by atoms with Gasteiger partial charge in [0.1, 0.15) is 0 Å². The summed E-state index contributed by atoms with van der Waals surface area (Å²) in [7, 11) is -4.57. The Kier molecular flexibility index (Phi) is 8.78. The highest BCUT2D eigenvalue weighted by molar-refractivity contribution is 7.85. The van der Waals surface area contributed by atoms with Crippen molar-refractivity contribution in [3.63, 3.8) is 0 Å². The first-order chi connectivity index (χ1) is 16.7. The van der Waals surface area contributed by atoms with Gasteiger partial charge in [-0.1, -0.05) is 98.4 Å². The van der Waals surface area contributed by atoms with Crippen molar-refractivity contribution in [3.8, 4) is 11.1 Å². The van der Waals surface area contributed by atoms with Gasteiger partial charge < -0.3 is 0 Å². The molecule has 0 atom stereocenters. The van der Waals surface area contributed by atoms with E-state index in [-0.39, 0.29) is 24.7 Å². The van der Waals surface area contributed by atoms with Crippen LogP contribution in [0.4, 0.5) is 0 Å². The second-order valence-electron chi connectivity index (χ2n) is 11.3. The number of hydrogen-bond donors (Lipinski definition) is 1. The van der Waals surface area contributed by atoms with Crippen LogP contribution in [-0.4, -0.2) is 24.3 Å². The molecule has 4 rings (SSSR count). The third kappa shape index (κ3) is 6.03. The fourth-order valence-electron chi connectivity index (χ4n) is 6.35. The summed E-state index contributed by atoms with van der Waals surface area (Å²) < 4.78 is 34.3. The molecule has 0 radical (unpaired) electrons. The van der Waals surface area contributed by atoms with Crippen molar-refractivity contribution >= 4 is 23.3 Å². The molecule has 0 aromatic heterocycles. The number of benzene rings is 2. The van der Waals surface area contributed by atoms with E-state index in [9.17, 15) is 13.0 Å². The maximum Gasteiger partial charge on any atom is 0.294 e. The first kappa shape index (κ1) is 26.8. The van der Waals surface area contributed by atoms with E-state index in [0.29, 0.717) is 0 Å². The van der Waals surface area contributed by atoms with E-state index in [1.807, 2.05) is 0 Å². The summed E-state index contributed by atoms with van der Waals surface area (Å²) in [6.45, 7) is 8.52. The van der Waals surface area contributed by atoms with Crippen molar-refractivity contribution in [1.29, 1.82) is 0 Å². The van der Waals surface area contributed by atoms with E-state index in [0.717, 1.165) is 22.4 Å². The van der Waals surface area contributed by atoms with Crippen LogP contribution in [0.3, 0.4) is 0 Å². The van der Waals surface area contributed by atoms with Crippen molar-refractivity contribution in [1.82, 2.24) is 0 Å². The lowest BCUT2D eigenvalue weighted by atomic mass is 9.85. The SMILES string of the molecule is CC(C)c1cc(S(=O)(=O)O)cc(C(C)C)c1-c1ccccc1P(C1CCCCC1)C1CCCCC1. The predicted molar refractivity (Wildman–Crippen MR) is 150 cm³/mol. The maximum atomic E-state index is 12.2. The molecule has 0 bridgehead atoms. The molecular formula is C30H43O3PS. The number of hydrogen-bond acceptors (Lipinski definition) is 2. The standard InChI is InChI=1S/C30H43O3PS/c1-21(2)27-19-25(35(31,32)33)20-28(22(3)4)30(27)26-17-11-12-18-29(26)34(23-13-7-5-8-14-23)24-15-9-6-10-16-24/h11-12,17-24H,5-10,13-16H2,1-4H3,(H,31,32,33). The van der Waals surface area contributed by atoms with Gasteiger partial charge in [-0.25, -0.2) is 0 Å². The Morgan fingerprint density at radius 1 is 0.771 bits per heavy atom. The van der Waals surface area contributed by atoms with Crippen LogP contribution in [0.2, 0.25) is 0 Å². The van der Waals surface area contributed by atoms with E-state index in [4.69, 9.17) is 0 Å². The van der Waals surface area contributed by atoms with Gasteiger partial charge in [-0.05, 0) is 88.5 Å². The Morgan fingerprint density at radius 2 is 1.23 bits per heavy atom. The Morgan fingerprint density at radius 3 is 1.66 bits per heavy atom. The normalized spacial score (nSPS) is 18.6. The van der Waals surface area contributed by atoms with E-state index in [1.165, 1.54) is 80.6 Å². The Labute approximate surface area is 214 Å². The van der Waals surface area contributed by atoms with Crippen LogP contribution in [0.15, 0.2) is 41.3 Å². The fourth-order valence-corrected chi connectivity index (χ4v) is 10.9. The highest BCUT2D eigenvalue weighted by atomic mass is 32.2. The molecule has 2 aromatic carbocycles. The average Bonchev–Trinajstić information content (AvgIpc) is 2.84. The number of rotatable bonds is 7. The summed E-state index contributed by atoms with van der Waals surface area (Å²) in [4.78, 5) is 0.0213. The molecule has 0 amide bonds. The lowest BCUT2D eigenvalue weighted by molar-refractivity contribution is 0.483. The lowest BCUT2D eigenvalue weighted by Crippen LogP contribution is -2.27. The molecule has 3 nitrogen and oxygen atoms in total. The van der Waals surface area contributed by atoms with Gasteiger partial charge in [0, 0.05) is 0 Å². The van der Waals surface area contributed by atoms with Crippen molar-refractivity contribution in [2.75, 3.05) is 0 Å². The summed E-state index contributed by atoms with van der Waals surface area (Å²) in [6, 6.07) is 12.5. The van der Waals surface area contributed by atoms with Gasteiger partial charge in [-0.15, -0.1) is 0 Å². The van der Waals surface area contributed by atoms with Crippen molar-refractivity contribution in [2.45, 2.75) is 120 Å². The Bertz CT molecular complexity index is 1060. The van der Waals surface area contributed by atoms with Gasteiger partial charge in [-0.3, -0.25) is 4.55 Å². The lowest BCUT2D eigenvalue weighted by Gasteiger charge is -2.40. The highest BCUT2D eigenvalue weighted by Gasteiger charge is 2.34. The fraction of sp³-hybridized carbons (Fsp3) is 0.600. The van der Waals surface area contributed by atoms with E-state index >= 15 is 0 Å². The van der Waals surface area contributed by atoms with Crippen LogP contribution in [0, 0.1) is 0 Å². The molecule has 2 saturated carbocycles. The van der Waals surface area contributed by atoms with E-state index in [2.05, 4.69) is 52.0 Å². The van der Waals surface area contributed by atoms with Crippen LogP contribution in [-0.2, 0) is 10.1 Å². The molecular weight excluding hydrogens is 471 g/mol. The minimum absolute atomic E-state index is 0.0213. The van der Waals surface area contributed by atoms with Gasteiger partial charge in [-0.2, -0.15) is 8.42 Å². The quantitative estimate of drug-likeness (QED) is 0.297. The minimum Gasteiger partial charge on any atom is -0.282 e. The molecule has 0 aliphatic heterocycles. The van der Waals surface area contributed by atoms with Crippen LogP contribution >= 0.6 is 7.92 Å². The second kappa shape index (κ2) is 11.4. The monoisotopic (exact) mass is 514 g/mol. The van der Waals surface area contributed by atoms with Crippen LogP contribution in [0.5, 0.6) is 0 Å². The predicted octanol–water partition coefficient (Wildman–Crippen LogP) is 8.62. The van der Waals surface area contributed by atoms with Gasteiger partial charge in [0.25, 0.3) is 10.1 Å². The largest absolute Gasteiger partial charge is 0.294 e. The molecule has 2 aliphatic carbocycles. The smallest absolute Gasteiger partial charge is 0.282 e. The van der Waals surface area contributed by atoms with Crippen LogP contribution < -0.4 is 5.30 Å². The molecule has 2 fully saturated rings. The first-order valence-corrected chi connectivity index (χ1v) is 16.6. The Hall–Kier alpha value is -1.22. The van der Waals surface area contributed by atoms with Gasteiger partial charge in [0.15, 0.2) is 0 Å². The summed E-state index contributed by atoms with van der Waals surface area (Å²) in [5.74, 6) is 0.292. The van der Waals surface area contributed by atoms with Gasteiger partial charge in [0.2, 0.25) is 0 Å². The molecule has 0 unspecified atom stereocenters. The molecule has 0 heterocycles. The molecule has 2 aromatic rings. The summed E-state index contributed by atoms with van der Waals surface area (Å²) in [5.41, 5.74) is 6.16. The molecule has 2 aliphatic rings. The molecule has 0 saturated heterocycles. The van der Waals surface area contributed by atoms with Crippen LogP contribution in [0.1, 0.15) is 115 Å².